The molecule has 0 heterocycles. The molecule has 1 amide bonds. The van der Waals surface area contributed by atoms with Crippen molar-refractivity contribution < 1.29 is 4.79 Å². The standard InChI is InChI=1S/C9H20N4O.HI/c1-7(2)8(14)12-5-6-13-9(10-3)11-4;/h7H,5-6H2,1-4H3,(H,12,14)(H2,10,11,13);1H. The maximum atomic E-state index is 11.1. The number of aliphatic imine (C=N–C) groups is 1. The van der Waals surface area contributed by atoms with E-state index in [9.17, 15) is 4.79 Å². The molecule has 15 heavy (non-hydrogen) atoms. The molecule has 0 bridgehead atoms. The maximum absolute atomic E-state index is 11.1. The smallest absolute Gasteiger partial charge is 0.222 e. The SMILES string of the molecule is CN=C(NC)NCCNC(=O)C(C)C.I. The number of rotatable bonds is 4. The van der Waals surface area contributed by atoms with Gasteiger partial charge in [0.15, 0.2) is 5.96 Å². The molecule has 90 valence electrons. The second-order valence-electron chi connectivity index (χ2n) is 3.19. The second-order valence-corrected chi connectivity index (χ2v) is 3.19. The van der Waals surface area contributed by atoms with Crippen LogP contribution in [0.15, 0.2) is 4.99 Å². The largest absolute Gasteiger partial charge is 0.359 e. The molecule has 0 saturated heterocycles. The van der Waals surface area contributed by atoms with Gasteiger partial charge in [-0.25, -0.2) is 0 Å². The molecule has 0 radical (unpaired) electrons. The number of hydrogen-bond donors (Lipinski definition) is 3. The van der Waals surface area contributed by atoms with Gasteiger partial charge in [-0.15, -0.1) is 24.0 Å². The summed E-state index contributed by atoms with van der Waals surface area (Å²) in [4.78, 5) is 15.1. The Morgan fingerprint density at radius 1 is 1.27 bits per heavy atom. The van der Waals surface area contributed by atoms with Gasteiger partial charge in [0.1, 0.15) is 0 Å². The summed E-state index contributed by atoms with van der Waals surface area (Å²) >= 11 is 0. The highest BCUT2D eigenvalue weighted by Crippen LogP contribution is 1.88. The molecule has 0 saturated carbocycles. The van der Waals surface area contributed by atoms with Crippen LogP contribution < -0.4 is 16.0 Å². The third kappa shape index (κ3) is 8.46. The molecule has 0 rings (SSSR count). The summed E-state index contributed by atoms with van der Waals surface area (Å²) in [5, 5.41) is 8.73. The number of nitrogens with one attached hydrogen (secondary N) is 3. The number of amides is 1. The van der Waals surface area contributed by atoms with E-state index in [0.29, 0.717) is 13.1 Å². The van der Waals surface area contributed by atoms with E-state index in [1.54, 1.807) is 14.1 Å². The van der Waals surface area contributed by atoms with Crippen LogP contribution in [0, 0.1) is 5.92 Å². The Morgan fingerprint density at radius 2 is 1.80 bits per heavy atom. The van der Waals surface area contributed by atoms with E-state index in [4.69, 9.17) is 0 Å². The van der Waals surface area contributed by atoms with E-state index in [1.807, 2.05) is 13.8 Å². The van der Waals surface area contributed by atoms with Gasteiger partial charge in [0.05, 0.1) is 0 Å². The number of halogens is 1. The number of carbonyl (C=O) groups is 1. The zero-order chi connectivity index (χ0) is 11.0. The third-order valence-electron chi connectivity index (χ3n) is 1.70. The van der Waals surface area contributed by atoms with E-state index in [0.717, 1.165) is 5.96 Å². The summed E-state index contributed by atoms with van der Waals surface area (Å²) < 4.78 is 0. The predicted molar refractivity (Wildman–Crippen MR) is 73.7 cm³/mol. The third-order valence-corrected chi connectivity index (χ3v) is 1.70. The Balaban J connectivity index is 0. The van der Waals surface area contributed by atoms with E-state index in [-0.39, 0.29) is 35.8 Å². The summed E-state index contributed by atoms with van der Waals surface area (Å²) in [5.74, 6) is 0.841. The molecule has 0 fully saturated rings. The van der Waals surface area contributed by atoms with Crippen molar-refractivity contribution in [1.82, 2.24) is 16.0 Å². The molecule has 0 atom stereocenters. The Hall–Kier alpha value is -0.530. The summed E-state index contributed by atoms with van der Waals surface area (Å²) in [6, 6.07) is 0. The van der Waals surface area contributed by atoms with Gasteiger partial charge in [0.2, 0.25) is 5.91 Å². The first-order chi connectivity index (χ1) is 6.61. The van der Waals surface area contributed by atoms with Crippen LogP contribution in [-0.4, -0.2) is 39.1 Å². The number of hydrogen-bond acceptors (Lipinski definition) is 2. The highest BCUT2D eigenvalue weighted by Gasteiger charge is 2.04. The first-order valence-electron chi connectivity index (χ1n) is 4.78. The number of nitrogens with zero attached hydrogens (tertiary/aromatic N) is 1. The first-order valence-corrected chi connectivity index (χ1v) is 4.78. The van der Waals surface area contributed by atoms with Crippen LogP contribution in [0.3, 0.4) is 0 Å². The van der Waals surface area contributed by atoms with Crippen molar-refractivity contribution >= 4 is 35.8 Å². The fourth-order valence-electron chi connectivity index (χ4n) is 0.850. The molecular weight excluding hydrogens is 307 g/mol. The highest BCUT2D eigenvalue weighted by molar-refractivity contribution is 14.0. The average Bonchev–Trinajstić information content (AvgIpc) is 2.17. The molecule has 0 aromatic heterocycles. The lowest BCUT2D eigenvalue weighted by Gasteiger charge is -2.10. The molecule has 3 N–H and O–H groups in total. The summed E-state index contributed by atoms with van der Waals surface area (Å²) in [7, 11) is 3.49. The van der Waals surface area contributed by atoms with Gasteiger partial charge in [-0.3, -0.25) is 9.79 Å². The Labute approximate surface area is 109 Å². The van der Waals surface area contributed by atoms with Crippen LogP contribution in [0.4, 0.5) is 0 Å². The van der Waals surface area contributed by atoms with E-state index < -0.39 is 0 Å². The minimum Gasteiger partial charge on any atom is -0.359 e. The monoisotopic (exact) mass is 328 g/mol. The lowest BCUT2D eigenvalue weighted by atomic mass is 10.2. The fraction of sp³-hybridized carbons (Fsp3) is 0.778. The maximum Gasteiger partial charge on any atom is 0.222 e. The molecule has 5 nitrogen and oxygen atoms in total. The van der Waals surface area contributed by atoms with Crippen molar-refractivity contribution in [2.75, 3.05) is 27.2 Å². The molecule has 0 unspecified atom stereocenters. The molecule has 0 aromatic rings. The zero-order valence-electron chi connectivity index (χ0n) is 9.76. The molecule has 0 aromatic carbocycles. The predicted octanol–water partition coefficient (Wildman–Crippen LogP) is 0.171. The normalized spacial score (nSPS) is 10.6. The molecule has 6 heteroatoms. The second kappa shape index (κ2) is 10.0. The van der Waals surface area contributed by atoms with Crippen molar-refractivity contribution in [3.63, 3.8) is 0 Å². The first kappa shape index (κ1) is 16.9. The van der Waals surface area contributed by atoms with Crippen LogP contribution in [0.2, 0.25) is 0 Å². The molecule has 0 aliphatic heterocycles. The van der Waals surface area contributed by atoms with Crippen LogP contribution in [0.1, 0.15) is 13.8 Å². The van der Waals surface area contributed by atoms with Gasteiger partial charge in [-0.05, 0) is 0 Å². The molecule has 0 aliphatic carbocycles. The number of carbonyl (C=O) groups excluding carboxylic acids is 1. The molecular formula is C9H21IN4O. The Morgan fingerprint density at radius 3 is 2.20 bits per heavy atom. The van der Waals surface area contributed by atoms with Gasteiger partial charge < -0.3 is 16.0 Å². The lowest BCUT2D eigenvalue weighted by Crippen LogP contribution is -2.40. The summed E-state index contributed by atoms with van der Waals surface area (Å²) in [6.45, 7) is 5.02. The van der Waals surface area contributed by atoms with Crippen molar-refractivity contribution in [2.45, 2.75) is 13.8 Å². The lowest BCUT2D eigenvalue weighted by molar-refractivity contribution is -0.123. The van der Waals surface area contributed by atoms with Gasteiger partial charge >= 0.3 is 0 Å². The summed E-state index contributed by atoms with van der Waals surface area (Å²) in [5.41, 5.74) is 0. The highest BCUT2D eigenvalue weighted by atomic mass is 127. The van der Waals surface area contributed by atoms with E-state index in [1.165, 1.54) is 0 Å². The van der Waals surface area contributed by atoms with Crippen LogP contribution in [0.5, 0.6) is 0 Å². The van der Waals surface area contributed by atoms with Gasteiger partial charge in [0.25, 0.3) is 0 Å². The molecule has 0 spiro atoms. The van der Waals surface area contributed by atoms with Crippen LogP contribution in [0.25, 0.3) is 0 Å². The zero-order valence-corrected chi connectivity index (χ0v) is 12.1. The van der Waals surface area contributed by atoms with E-state index in [2.05, 4.69) is 20.9 Å². The van der Waals surface area contributed by atoms with Gasteiger partial charge in [-0.2, -0.15) is 0 Å². The van der Waals surface area contributed by atoms with Crippen molar-refractivity contribution in [1.29, 1.82) is 0 Å². The average molecular weight is 328 g/mol. The minimum atomic E-state index is 0. The van der Waals surface area contributed by atoms with Crippen LogP contribution >= 0.6 is 24.0 Å². The van der Waals surface area contributed by atoms with Crippen LogP contribution in [-0.2, 0) is 4.79 Å². The number of guanidine groups is 1. The topological polar surface area (TPSA) is 65.5 Å². The quantitative estimate of drug-likeness (QED) is 0.298. The van der Waals surface area contributed by atoms with E-state index >= 15 is 0 Å². The fourth-order valence-corrected chi connectivity index (χ4v) is 0.850. The minimum absolute atomic E-state index is 0. The van der Waals surface area contributed by atoms with Gasteiger partial charge in [0, 0.05) is 33.1 Å². The Kier molecular flexibility index (Phi) is 11.3. The molecule has 0 aliphatic rings. The van der Waals surface area contributed by atoms with Crippen molar-refractivity contribution in [3.8, 4) is 0 Å². The summed E-state index contributed by atoms with van der Waals surface area (Å²) in [6.07, 6.45) is 0. The Bertz CT molecular complexity index is 206. The van der Waals surface area contributed by atoms with Crippen molar-refractivity contribution in [2.24, 2.45) is 10.9 Å². The van der Waals surface area contributed by atoms with Crippen molar-refractivity contribution in [3.05, 3.63) is 0 Å². The van der Waals surface area contributed by atoms with Gasteiger partial charge in [-0.1, -0.05) is 13.8 Å².